The number of nitrogens with two attached hydrogens (primary N) is 1. The van der Waals surface area contributed by atoms with Crippen LogP contribution in [0, 0.1) is 0 Å². The fourth-order valence-electron chi connectivity index (χ4n) is 2.20. The Labute approximate surface area is 94.0 Å². The molecule has 0 amide bonds. The number of nitrogens with zero attached hydrogens (tertiary/aromatic N) is 1. The largest absolute Gasteiger partial charge is 0.376 e. The van der Waals surface area contributed by atoms with Crippen molar-refractivity contribution in [2.24, 2.45) is 5.73 Å². The van der Waals surface area contributed by atoms with Gasteiger partial charge in [-0.1, -0.05) is 13.3 Å². The van der Waals surface area contributed by atoms with Crippen LogP contribution in [0.25, 0.3) is 0 Å². The standard InChI is InChI=1S/C12H26N2O/c1-3-12-10-15-11(2)9-14(12)8-6-4-5-7-13/h11-12H,3-10,13H2,1-2H3. The predicted molar refractivity (Wildman–Crippen MR) is 64.0 cm³/mol. The fourth-order valence-corrected chi connectivity index (χ4v) is 2.20. The van der Waals surface area contributed by atoms with Gasteiger partial charge in [0.15, 0.2) is 0 Å². The molecule has 0 bridgehead atoms. The number of rotatable bonds is 6. The number of morpholine rings is 1. The first kappa shape index (κ1) is 12.9. The van der Waals surface area contributed by atoms with Crippen molar-refractivity contribution in [3.63, 3.8) is 0 Å². The van der Waals surface area contributed by atoms with Crippen LogP contribution in [-0.2, 0) is 4.74 Å². The molecule has 2 unspecified atom stereocenters. The normalized spacial score (nSPS) is 28.2. The van der Waals surface area contributed by atoms with Crippen LogP contribution < -0.4 is 5.73 Å². The summed E-state index contributed by atoms with van der Waals surface area (Å²) in [6.45, 7) is 8.47. The van der Waals surface area contributed by atoms with Gasteiger partial charge in [-0.15, -0.1) is 0 Å². The van der Waals surface area contributed by atoms with Crippen LogP contribution in [0.15, 0.2) is 0 Å². The molecule has 1 saturated heterocycles. The van der Waals surface area contributed by atoms with E-state index < -0.39 is 0 Å². The molecular weight excluding hydrogens is 188 g/mol. The van der Waals surface area contributed by atoms with Crippen molar-refractivity contribution >= 4 is 0 Å². The Bertz CT molecular complexity index is 164. The predicted octanol–water partition coefficient (Wildman–Crippen LogP) is 1.61. The third-order valence-electron chi connectivity index (χ3n) is 3.20. The van der Waals surface area contributed by atoms with Gasteiger partial charge in [-0.3, -0.25) is 4.90 Å². The van der Waals surface area contributed by atoms with E-state index in [0.29, 0.717) is 12.1 Å². The molecule has 1 aliphatic heterocycles. The minimum absolute atomic E-state index is 0.405. The first-order chi connectivity index (χ1) is 7.27. The van der Waals surface area contributed by atoms with E-state index in [-0.39, 0.29) is 0 Å². The number of hydrogen-bond acceptors (Lipinski definition) is 3. The minimum Gasteiger partial charge on any atom is -0.376 e. The van der Waals surface area contributed by atoms with E-state index in [1.165, 1.54) is 25.8 Å². The molecule has 0 aliphatic carbocycles. The Balaban J connectivity index is 2.22. The van der Waals surface area contributed by atoms with Gasteiger partial charge in [-0.2, -0.15) is 0 Å². The lowest BCUT2D eigenvalue weighted by Crippen LogP contribution is -2.48. The van der Waals surface area contributed by atoms with Crippen LogP contribution in [0.3, 0.4) is 0 Å². The average Bonchev–Trinajstić information content (AvgIpc) is 2.25. The summed E-state index contributed by atoms with van der Waals surface area (Å²) in [5, 5.41) is 0. The Morgan fingerprint density at radius 3 is 2.80 bits per heavy atom. The monoisotopic (exact) mass is 214 g/mol. The highest BCUT2D eigenvalue weighted by Gasteiger charge is 2.24. The SMILES string of the molecule is CCC1COC(C)CN1CCCCCN. The van der Waals surface area contributed by atoms with Gasteiger partial charge in [0.25, 0.3) is 0 Å². The van der Waals surface area contributed by atoms with E-state index in [4.69, 9.17) is 10.5 Å². The summed E-state index contributed by atoms with van der Waals surface area (Å²) in [7, 11) is 0. The first-order valence-corrected chi connectivity index (χ1v) is 6.33. The molecule has 0 aromatic rings. The molecule has 0 aromatic heterocycles. The molecule has 3 heteroatoms. The van der Waals surface area contributed by atoms with Crippen molar-refractivity contribution < 1.29 is 4.74 Å². The van der Waals surface area contributed by atoms with Gasteiger partial charge >= 0.3 is 0 Å². The topological polar surface area (TPSA) is 38.5 Å². The van der Waals surface area contributed by atoms with Gasteiger partial charge in [0.2, 0.25) is 0 Å². The molecule has 2 atom stereocenters. The minimum atomic E-state index is 0.405. The van der Waals surface area contributed by atoms with E-state index in [2.05, 4.69) is 18.7 Å². The van der Waals surface area contributed by atoms with Crippen molar-refractivity contribution in [2.75, 3.05) is 26.2 Å². The van der Waals surface area contributed by atoms with Gasteiger partial charge in [0.1, 0.15) is 0 Å². The number of hydrogen-bond donors (Lipinski definition) is 1. The lowest BCUT2D eigenvalue weighted by atomic mass is 10.1. The molecule has 1 aliphatic rings. The van der Waals surface area contributed by atoms with Crippen molar-refractivity contribution in [3.05, 3.63) is 0 Å². The second kappa shape index (κ2) is 7.20. The summed E-state index contributed by atoms with van der Waals surface area (Å²) in [6.07, 6.45) is 5.31. The summed E-state index contributed by atoms with van der Waals surface area (Å²) >= 11 is 0. The summed E-state index contributed by atoms with van der Waals surface area (Å²) < 4.78 is 5.68. The summed E-state index contributed by atoms with van der Waals surface area (Å²) in [5.41, 5.74) is 5.49. The lowest BCUT2D eigenvalue weighted by Gasteiger charge is -2.38. The summed E-state index contributed by atoms with van der Waals surface area (Å²) in [6, 6.07) is 0.638. The Morgan fingerprint density at radius 1 is 1.33 bits per heavy atom. The molecule has 0 saturated carbocycles. The quantitative estimate of drug-likeness (QED) is 0.683. The molecule has 3 nitrogen and oxygen atoms in total. The molecule has 0 radical (unpaired) electrons. The van der Waals surface area contributed by atoms with Crippen molar-refractivity contribution in [3.8, 4) is 0 Å². The Morgan fingerprint density at radius 2 is 2.13 bits per heavy atom. The molecular formula is C12H26N2O. The fraction of sp³-hybridized carbons (Fsp3) is 1.00. The van der Waals surface area contributed by atoms with Crippen LogP contribution in [0.1, 0.15) is 39.5 Å². The highest BCUT2D eigenvalue weighted by Crippen LogP contribution is 2.15. The Kier molecular flexibility index (Phi) is 6.22. The molecule has 0 aromatic carbocycles. The zero-order valence-electron chi connectivity index (χ0n) is 10.2. The van der Waals surface area contributed by atoms with Gasteiger partial charge in [0.05, 0.1) is 12.7 Å². The van der Waals surface area contributed by atoms with Crippen molar-refractivity contribution in [2.45, 2.75) is 51.7 Å². The van der Waals surface area contributed by atoms with E-state index in [9.17, 15) is 0 Å². The van der Waals surface area contributed by atoms with E-state index in [1.807, 2.05) is 0 Å². The maximum Gasteiger partial charge on any atom is 0.0674 e. The average molecular weight is 214 g/mol. The van der Waals surface area contributed by atoms with Crippen molar-refractivity contribution in [1.29, 1.82) is 0 Å². The van der Waals surface area contributed by atoms with Crippen LogP contribution in [0.2, 0.25) is 0 Å². The van der Waals surface area contributed by atoms with Crippen LogP contribution in [0.4, 0.5) is 0 Å². The second-order valence-electron chi connectivity index (χ2n) is 4.55. The maximum absolute atomic E-state index is 5.68. The zero-order chi connectivity index (χ0) is 11.1. The highest BCUT2D eigenvalue weighted by molar-refractivity contribution is 4.77. The van der Waals surface area contributed by atoms with Crippen LogP contribution >= 0.6 is 0 Å². The maximum atomic E-state index is 5.68. The number of unbranched alkanes of at least 4 members (excludes halogenated alkanes) is 2. The van der Waals surface area contributed by atoms with Gasteiger partial charge in [-0.05, 0) is 39.3 Å². The first-order valence-electron chi connectivity index (χ1n) is 6.33. The second-order valence-corrected chi connectivity index (χ2v) is 4.55. The van der Waals surface area contributed by atoms with Crippen LogP contribution in [-0.4, -0.2) is 43.3 Å². The molecule has 90 valence electrons. The Hall–Kier alpha value is -0.120. The third-order valence-corrected chi connectivity index (χ3v) is 3.20. The highest BCUT2D eigenvalue weighted by atomic mass is 16.5. The van der Waals surface area contributed by atoms with E-state index >= 15 is 0 Å². The van der Waals surface area contributed by atoms with Gasteiger partial charge in [-0.25, -0.2) is 0 Å². The van der Waals surface area contributed by atoms with Gasteiger partial charge < -0.3 is 10.5 Å². The van der Waals surface area contributed by atoms with Crippen molar-refractivity contribution in [1.82, 2.24) is 4.90 Å². The lowest BCUT2D eigenvalue weighted by molar-refractivity contribution is -0.0561. The molecule has 1 heterocycles. The molecule has 1 fully saturated rings. The number of ether oxygens (including phenoxy) is 1. The zero-order valence-corrected chi connectivity index (χ0v) is 10.2. The van der Waals surface area contributed by atoms with E-state index in [0.717, 1.165) is 26.1 Å². The summed E-state index contributed by atoms with van der Waals surface area (Å²) in [4.78, 5) is 2.59. The molecule has 2 N–H and O–H groups in total. The molecule has 15 heavy (non-hydrogen) atoms. The smallest absolute Gasteiger partial charge is 0.0674 e. The molecule has 1 rings (SSSR count). The van der Waals surface area contributed by atoms with Crippen LogP contribution in [0.5, 0.6) is 0 Å². The third kappa shape index (κ3) is 4.49. The van der Waals surface area contributed by atoms with Gasteiger partial charge in [0, 0.05) is 12.6 Å². The van der Waals surface area contributed by atoms with E-state index in [1.54, 1.807) is 0 Å². The summed E-state index contributed by atoms with van der Waals surface area (Å²) in [5.74, 6) is 0. The molecule has 0 spiro atoms.